The molecule has 2 N–H and O–H groups in total. The fraction of sp³-hybridized carbons (Fsp3) is 0.188. The van der Waals surface area contributed by atoms with Crippen LogP contribution in [0, 0.1) is 6.92 Å². The Kier molecular flexibility index (Phi) is 3.73. The lowest BCUT2D eigenvalue weighted by Crippen LogP contribution is -2.13. The quantitative estimate of drug-likeness (QED) is 0.896. The van der Waals surface area contributed by atoms with Gasteiger partial charge >= 0.3 is 5.97 Å². The van der Waals surface area contributed by atoms with E-state index < -0.39 is 16.0 Å². The number of nitrogens with one attached hydrogen (secondary N) is 1. The molecule has 0 saturated heterocycles. The van der Waals surface area contributed by atoms with Crippen molar-refractivity contribution in [3.63, 3.8) is 0 Å². The Bertz CT molecular complexity index is 889. The van der Waals surface area contributed by atoms with Crippen LogP contribution < -0.4 is 9.46 Å². The smallest absolute Gasteiger partial charge is 0.335 e. The summed E-state index contributed by atoms with van der Waals surface area (Å²) < 4.78 is 32.8. The molecule has 23 heavy (non-hydrogen) atoms. The molecule has 7 heteroatoms. The van der Waals surface area contributed by atoms with Crippen LogP contribution in [0.5, 0.6) is 5.75 Å². The summed E-state index contributed by atoms with van der Waals surface area (Å²) in [6, 6.07) is 9.05. The summed E-state index contributed by atoms with van der Waals surface area (Å²) in [5, 5.41) is 9.01. The number of carboxylic acid groups (broad SMARTS) is 1. The fourth-order valence-electron chi connectivity index (χ4n) is 2.51. The number of ether oxygens (including phenoxy) is 1. The van der Waals surface area contributed by atoms with Crippen LogP contribution in [0.1, 0.15) is 21.5 Å². The van der Waals surface area contributed by atoms with Gasteiger partial charge in [-0.25, -0.2) is 13.2 Å². The Hall–Kier alpha value is -2.54. The summed E-state index contributed by atoms with van der Waals surface area (Å²) in [5.41, 5.74) is 1.82. The van der Waals surface area contributed by atoms with E-state index in [1.165, 1.54) is 24.3 Å². The van der Waals surface area contributed by atoms with Gasteiger partial charge in [-0.1, -0.05) is 0 Å². The van der Waals surface area contributed by atoms with Gasteiger partial charge in [0.25, 0.3) is 10.0 Å². The molecule has 0 spiro atoms. The summed E-state index contributed by atoms with van der Waals surface area (Å²) >= 11 is 0. The molecule has 0 radical (unpaired) electrons. The Balaban J connectivity index is 1.89. The molecule has 0 amide bonds. The number of carbonyl (C=O) groups is 1. The molecule has 1 aliphatic rings. The van der Waals surface area contributed by atoms with Gasteiger partial charge < -0.3 is 9.84 Å². The van der Waals surface area contributed by atoms with Crippen LogP contribution in [0.2, 0.25) is 0 Å². The van der Waals surface area contributed by atoms with Crippen molar-refractivity contribution in [2.45, 2.75) is 18.2 Å². The predicted molar refractivity (Wildman–Crippen MR) is 84.6 cm³/mol. The molecule has 0 unspecified atom stereocenters. The van der Waals surface area contributed by atoms with E-state index in [-0.39, 0.29) is 10.5 Å². The maximum absolute atomic E-state index is 12.5. The van der Waals surface area contributed by atoms with E-state index in [2.05, 4.69) is 4.72 Å². The van der Waals surface area contributed by atoms with E-state index in [9.17, 15) is 13.2 Å². The normalized spacial score (nSPS) is 13.3. The van der Waals surface area contributed by atoms with E-state index in [1.807, 2.05) is 0 Å². The van der Waals surface area contributed by atoms with Crippen LogP contribution in [0.4, 0.5) is 5.69 Å². The molecular formula is C16H15NO5S. The first-order chi connectivity index (χ1) is 10.9. The second-order valence-corrected chi connectivity index (χ2v) is 6.99. The average molecular weight is 333 g/mol. The number of aryl methyl sites for hydroxylation is 1. The number of benzene rings is 2. The number of fused-ring (bicyclic) bond motifs is 1. The number of aromatic carboxylic acids is 1. The standard InChI is InChI=1S/C16H15NO5S/c1-10-8-12(2-4-14(10)16(18)19)17-23(20,21)13-3-5-15-11(9-13)6-7-22-15/h2-5,8-9,17H,6-7H2,1H3,(H,18,19). The van der Waals surface area contributed by atoms with Crippen molar-refractivity contribution in [1.29, 1.82) is 0 Å². The Labute approximate surface area is 133 Å². The monoisotopic (exact) mass is 333 g/mol. The fourth-order valence-corrected chi connectivity index (χ4v) is 3.61. The summed E-state index contributed by atoms with van der Waals surface area (Å²) in [4.78, 5) is 11.2. The minimum atomic E-state index is -3.74. The van der Waals surface area contributed by atoms with Crippen molar-refractivity contribution in [3.8, 4) is 5.75 Å². The van der Waals surface area contributed by atoms with E-state index in [1.54, 1.807) is 19.1 Å². The molecular weight excluding hydrogens is 318 g/mol. The van der Waals surface area contributed by atoms with Crippen LogP contribution in [0.25, 0.3) is 0 Å². The molecule has 1 aliphatic heterocycles. The van der Waals surface area contributed by atoms with E-state index in [0.717, 1.165) is 5.56 Å². The molecule has 3 rings (SSSR count). The minimum absolute atomic E-state index is 0.141. The second kappa shape index (κ2) is 5.58. The number of sulfonamides is 1. The highest BCUT2D eigenvalue weighted by Crippen LogP contribution is 2.28. The van der Waals surface area contributed by atoms with Gasteiger partial charge in [0.1, 0.15) is 5.75 Å². The molecule has 0 atom stereocenters. The Morgan fingerprint density at radius 2 is 2.00 bits per heavy atom. The average Bonchev–Trinajstić information content (AvgIpc) is 2.93. The number of carboxylic acids is 1. The lowest BCUT2D eigenvalue weighted by atomic mass is 10.1. The zero-order chi connectivity index (χ0) is 16.6. The first kappa shape index (κ1) is 15.4. The summed E-state index contributed by atoms with van der Waals surface area (Å²) in [6.45, 7) is 2.18. The van der Waals surface area contributed by atoms with Gasteiger partial charge in [0, 0.05) is 12.1 Å². The Morgan fingerprint density at radius 1 is 1.22 bits per heavy atom. The Morgan fingerprint density at radius 3 is 2.70 bits per heavy atom. The van der Waals surface area contributed by atoms with Crippen molar-refractivity contribution in [2.75, 3.05) is 11.3 Å². The lowest BCUT2D eigenvalue weighted by molar-refractivity contribution is 0.0696. The first-order valence-corrected chi connectivity index (χ1v) is 8.47. The van der Waals surface area contributed by atoms with Crippen LogP contribution in [-0.4, -0.2) is 26.1 Å². The van der Waals surface area contributed by atoms with E-state index in [0.29, 0.717) is 30.0 Å². The topological polar surface area (TPSA) is 92.7 Å². The maximum atomic E-state index is 12.5. The van der Waals surface area contributed by atoms with Crippen LogP contribution in [0.15, 0.2) is 41.3 Å². The van der Waals surface area contributed by atoms with Crippen LogP contribution in [-0.2, 0) is 16.4 Å². The number of hydrogen-bond acceptors (Lipinski definition) is 4. The zero-order valence-corrected chi connectivity index (χ0v) is 13.2. The van der Waals surface area contributed by atoms with Gasteiger partial charge in [-0.2, -0.15) is 0 Å². The number of anilines is 1. The third kappa shape index (κ3) is 3.00. The van der Waals surface area contributed by atoms with Gasteiger partial charge in [-0.05, 0) is 54.4 Å². The van der Waals surface area contributed by atoms with Crippen molar-refractivity contribution in [1.82, 2.24) is 0 Å². The molecule has 0 saturated carbocycles. The first-order valence-electron chi connectivity index (χ1n) is 6.99. The molecule has 0 aliphatic carbocycles. The third-order valence-electron chi connectivity index (χ3n) is 3.68. The molecule has 120 valence electrons. The minimum Gasteiger partial charge on any atom is -0.493 e. The highest BCUT2D eigenvalue weighted by Gasteiger charge is 2.20. The summed E-state index contributed by atoms with van der Waals surface area (Å²) in [6.07, 6.45) is 0.686. The predicted octanol–water partition coefficient (Wildman–Crippen LogP) is 2.43. The van der Waals surface area contributed by atoms with Gasteiger partial charge in [-0.3, -0.25) is 4.72 Å². The van der Waals surface area contributed by atoms with Gasteiger partial charge in [-0.15, -0.1) is 0 Å². The largest absolute Gasteiger partial charge is 0.493 e. The highest BCUT2D eigenvalue weighted by atomic mass is 32.2. The zero-order valence-electron chi connectivity index (χ0n) is 12.4. The molecule has 0 fully saturated rings. The lowest BCUT2D eigenvalue weighted by Gasteiger charge is -2.10. The maximum Gasteiger partial charge on any atom is 0.335 e. The van der Waals surface area contributed by atoms with Crippen LogP contribution in [0.3, 0.4) is 0 Å². The van der Waals surface area contributed by atoms with E-state index >= 15 is 0 Å². The third-order valence-corrected chi connectivity index (χ3v) is 5.06. The molecule has 2 aromatic rings. The second-order valence-electron chi connectivity index (χ2n) is 5.31. The molecule has 0 aromatic heterocycles. The molecule has 6 nitrogen and oxygen atoms in total. The van der Waals surface area contributed by atoms with Crippen molar-refractivity contribution in [2.24, 2.45) is 0 Å². The van der Waals surface area contributed by atoms with Gasteiger partial charge in [0.05, 0.1) is 17.1 Å². The summed E-state index contributed by atoms with van der Waals surface area (Å²) in [5.74, 6) is -0.332. The molecule has 1 heterocycles. The van der Waals surface area contributed by atoms with Crippen molar-refractivity contribution < 1.29 is 23.1 Å². The van der Waals surface area contributed by atoms with Gasteiger partial charge in [0.2, 0.25) is 0 Å². The van der Waals surface area contributed by atoms with Crippen molar-refractivity contribution >= 4 is 21.7 Å². The van der Waals surface area contributed by atoms with Crippen LogP contribution >= 0.6 is 0 Å². The number of hydrogen-bond donors (Lipinski definition) is 2. The summed E-state index contributed by atoms with van der Waals surface area (Å²) in [7, 11) is -3.74. The molecule has 2 aromatic carbocycles. The number of rotatable bonds is 4. The SMILES string of the molecule is Cc1cc(NS(=O)(=O)c2ccc3c(c2)CCO3)ccc1C(=O)O. The highest BCUT2D eigenvalue weighted by molar-refractivity contribution is 7.92. The van der Waals surface area contributed by atoms with Crippen molar-refractivity contribution in [3.05, 3.63) is 53.1 Å². The van der Waals surface area contributed by atoms with Gasteiger partial charge in [0.15, 0.2) is 0 Å². The van der Waals surface area contributed by atoms with E-state index in [4.69, 9.17) is 9.84 Å². The molecule has 0 bridgehead atoms.